The van der Waals surface area contributed by atoms with Gasteiger partial charge in [0.15, 0.2) is 11.5 Å². The van der Waals surface area contributed by atoms with E-state index in [0.717, 1.165) is 29.5 Å². The number of carbonyl (C=O) groups excluding carboxylic acids is 1. The van der Waals surface area contributed by atoms with Crippen molar-refractivity contribution in [3.05, 3.63) is 78.1 Å². The van der Waals surface area contributed by atoms with Gasteiger partial charge in [-0.15, -0.1) is 0 Å². The summed E-state index contributed by atoms with van der Waals surface area (Å²) in [7, 11) is 0. The number of oxazole rings is 1. The molecule has 1 saturated heterocycles. The van der Waals surface area contributed by atoms with Crippen LogP contribution in [0.15, 0.2) is 65.2 Å². The summed E-state index contributed by atoms with van der Waals surface area (Å²) in [4.78, 5) is 28.9. The molecule has 1 fully saturated rings. The SMILES string of the molecule is Cc1ncc(C(=O)N2CCCC(c3nc4ccccc4o3)C2)c(-c2ccccc2)n1. The van der Waals surface area contributed by atoms with Crippen LogP contribution in [-0.2, 0) is 0 Å². The summed E-state index contributed by atoms with van der Waals surface area (Å²) in [5.74, 6) is 1.39. The van der Waals surface area contributed by atoms with Gasteiger partial charge >= 0.3 is 0 Å². The van der Waals surface area contributed by atoms with E-state index in [1.165, 1.54) is 0 Å². The van der Waals surface area contributed by atoms with E-state index in [4.69, 9.17) is 4.42 Å². The molecule has 1 atom stereocenters. The Morgan fingerprint density at radius 2 is 1.87 bits per heavy atom. The fourth-order valence-corrected chi connectivity index (χ4v) is 4.04. The van der Waals surface area contributed by atoms with Gasteiger partial charge < -0.3 is 9.32 Å². The number of benzene rings is 2. The lowest BCUT2D eigenvalue weighted by Crippen LogP contribution is -2.39. The maximum atomic E-state index is 13.4. The molecule has 5 rings (SSSR count). The van der Waals surface area contributed by atoms with Crippen molar-refractivity contribution in [3.8, 4) is 11.3 Å². The Labute approximate surface area is 174 Å². The Morgan fingerprint density at radius 3 is 2.70 bits per heavy atom. The molecule has 0 saturated carbocycles. The number of rotatable bonds is 3. The minimum absolute atomic E-state index is 0.0466. The summed E-state index contributed by atoms with van der Waals surface area (Å²) >= 11 is 0. The standard InChI is InChI=1S/C24H22N4O2/c1-16-25-14-19(22(26-16)17-8-3-2-4-9-17)24(29)28-13-7-10-18(15-28)23-27-20-11-5-6-12-21(20)30-23/h2-6,8-9,11-12,14,18H,7,10,13,15H2,1H3. The van der Waals surface area contributed by atoms with Crippen molar-refractivity contribution in [3.63, 3.8) is 0 Å². The molecule has 1 unspecified atom stereocenters. The summed E-state index contributed by atoms with van der Waals surface area (Å²) in [5, 5.41) is 0. The molecule has 6 nitrogen and oxygen atoms in total. The number of aromatic nitrogens is 3. The van der Waals surface area contributed by atoms with E-state index in [1.807, 2.05) is 66.4 Å². The zero-order valence-corrected chi connectivity index (χ0v) is 16.8. The normalized spacial score (nSPS) is 16.7. The highest BCUT2D eigenvalue weighted by Gasteiger charge is 2.30. The molecule has 150 valence electrons. The summed E-state index contributed by atoms with van der Waals surface area (Å²) in [5.41, 5.74) is 3.77. The Balaban J connectivity index is 1.44. The van der Waals surface area contributed by atoms with E-state index in [9.17, 15) is 4.79 Å². The van der Waals surface area contributed by atoms with E-state index in [2.05, 4.69) is 15.0 Å². The molecule has 0 bridgehead atoms. The molecule has 2 aromatic heterocycles. The van der Waals surface area contributed by atoms with Crippen LogP contribution in [0.2, 0.25) is 0 Å². The zero-order valence-electron chi connectivity index (χ0n) is 16.8. The number of aryl methyl sites for hydroxylation is 1. The average molecular weight is 398 g/mol. The number of piperidine rings is 1. The minimum atomic E-state index is -0.0466. The number of fused-ring (bicyclic) bond motifs is 1. The van der Waals surface area contributed by atoms with Crippen LogP contribution in [0.25, 0.3) is 22.4 Å². The molecule has 1 aliphatic heterocycles. The van der Waals surface area contributed by atoms with Crippen LogP contribution >= 0.6 is 0 Å². The first-order chi connectivity index (χ1) is 14.7. The van der Waals surface area contributed by atoms with Crippen LogP contribution in [0.3, 0.4) is 0 Å². The minimum Gasteiger partial charge on any atom is -0.440 e. The van der Waals surface area contributed by atoms with Gasteiger partial charge in [0, 0.05) is 24.8 Å². The number of nitrogens with zero attached hydrogens (tertiary/aromatic N) is 4. The van der Waals surface area contributed by atoms with Crippen molar-refractivity contribution in [1.29, 1.82) is 0 Å². The number of carbonyl (C=O) groups is 1. The summed E-state index contributed by atoms with van der Waals surface area (Å²) in [6.07, 6.45) is 3.51. The van der Waals surface area contributed by atoms with Crippen molar-refractivity contribution >= 4 is 17.0 Å². The summed E-state index contributed by atoms with van der Waals surface area (Å²) < 4.78 is 5.98. The monoisotopic (exact) mass is 398 g/mol. The Hall–Kier alpha value is -3.54. The number of para-hydroxylation sites is 2. The predicted octanol–water partition coefficient (Wildman–Crippen LogP) is 4.61. The van der Waals surface area contributed by atoms with Gasteiger partial charge in [-0.1, -0.05) is 42.5 Å². The van der Waals surface area contributed by atoms with Gasteiger partial charge in [-0.25, -0.2) is 15.0 Å². The van der Waals surface area contributed by atoms with Gasteiger partial charge in [0.1, 0.15) is 11.3 Å². The summed E-state index contributed by atoms with van der Waals surface area (Å²) in [6, 6.07) is 17.6. The van der Waals surface area contributed by atoms with Crippen molar-refractivity contribution in [2.24, 2.45) is 0 Å². The van der Waals surface area contributed by atoms with Crippen LogP contribution in [0.5, 0.6) is 0 Å². The van der Waals surface area contributed by atoms with Gasteiger partial charge in [-0.2, -0.15) is 0 Å². The van der Waals surface area contributed by atoms with Crippen LogP contribution < -0.4 is 0 Å². The number of amides is 1. The summed E-state index contributed by atoms with van der Waals surface area (Å²) in [6.45, 7) is 3.12. The highest BCUT2D eigenvalue weighted by atomic mass is 16.3. The number of hydrogen-bond acceptors (Lipinski definition) is 5. The van der Waals surface area contributed by atoms with E-state index in [0.29, 0.717) is 36.1 Å². The second-order valence-electron chi connectivity index (χ2n) is 7.66. The van der Waals surface area contributed by atoms with Gasteiger partial charge in [-0.3, -0.25) is 4.79 Å². The van der Waals surface area contributed by atoms with Crippen LogP contribution in [-0.4, -0.2) is 38.8 Å². The fourth-order valence-electron chi connectivity index (χ4n) is 4.04. The van der Waals surface area contributed by atoms with E-state index < -0.39 is 0 Å². The largest absolute Gasteiger partial charge is 0.440 e. The molecule has 1 amide bonds. The molecule has 4 aromatic rings. The third-order valence-electron chi connectivity index (χ3n) is 5.56. The molecule has 6 heteroatoms. The van der Waals surface area contributed by atoms with Crippen molar-refractivity contribution < 1.29 is 9.21 Å². The molecule has 0 N–H and O–H groups in total. The maximum absolute atomic E-state index is 13.4. The van der Waals surface area contributed by atoms with Crippen molar-refractivity contribution in [2.75, 3.05) is 13.1 Å². The van der Waals surface area contributed by atoms with Crippen LogP contribution in [0.1, 0.15) is 40.8 Å². The first kappa shape index (κ1) is 18.5. The molecule has 1 aliphatic rings. The molecule has 0 radical (unpaired) electrons. The average Bonchev–Trinajstić information content (AvgIpc) is 3.24. The fraction of sp³-hybridized carbons (Fsp3) is 0.250. The molecule has 0 aliphatic carbocycles. The van der Waals surface area contributed by atoms with E-state index in [-0.39, 0.29) is 11.8 Å². The molecular weight excluding hydrogens is 376 g/mol. The first-order valence-electron chi connectivity index (χ1n) is 10.2. The first-order valence-corrected chi connectivity index (χ1v) is 10.2. The van der Waals surface area contributed by atoms with Gasteiger partial charge in [-0.05, 0) is 31.9 Å². The quantitative estimate of drug-likeness (QED) is 0.504. The second kappa shape index (κ2) is 7.71. The second-order valence-corrected chi connectivity index (χ2v) is 7.66. The lowest BCUT2D eigenvalue weighted by atomic mass is 9.97. The highest BCUT2D eigenvalue weighted by Crippen LogP contribution is 2.31. The zero-order chi connectivity index (χ0) is 20.5. The molecule has 2 aromatic carbocycles. The smallest absolute Gasteiger partial charge is 0.257 e. The Kier molecular flexibility index (Phi) is 4.75. The molecule has 30 heavy (non-hydrogen) atoms. The van der Waals surface area contributed by atoms with Crippen molar-refractivity contribution in [1.82, 2.24) is 19.9 Å². The Bertz CT molecular complexity index is 1170. The lowest BCUT2D eigenvalue weighted by molar-refractivity contribution is 0.0699. The molecule has 3 heterocycles. The van der Waals surface area contributed by atoms with Crippen LogP contribution in [0, 0.1) is 6.92 Å². The lowest BCUT2D eigenvalue weighted by Gasteiger charge is -2.31. The predicted molar refractivity (Wildman–Crippen MR) is 114 cm³/mol. The number of likely N-dealkylation sites (tertiary alicyclic amines) is 1. The van der Waals surface area contributed by atoms with E-state index in [1.54, 1.807) is 6.20 Å². The molecular formula is C24H22N4O2. The topological polar surface area (TPSA) is 72.1 Å². The van der Waals surface area contributed by atoms with Gasteiger partial charge in [0.2, 0.25) is 0 Å². The van der Waals surface area contributed by atoms with E-state index >= 15 is 0 Å². The highest BCUT2D eigenvalue weighted by molar-refractivity contribution is 5.99. The maximum Gasteiger partial charge on any atom is 0.257 e. The number of hydrogen-bond donors (Lipinski definition) is 0. The van der Waals surface area contributed by atoms with Crippen molar-refractivity contribution in [2.45, 2.75) is 25.7 Å². The van der Waals surface area contributed by atoms with Gasteiger partial charge in [0.25, 0.3) is 5.91 Å². The van der Waals surface area contributed by atoms with Crippen LogP contribution in [0.4, 0.5) is 0 Å². The van der Waals surface area contributed by atoms with Gasteiger partial charge in [0.05, 0.1) is 17.2 Å². The third-order valence-corrected chi connectivity index (χ3v) is 5.56. The molecule has 0 spiro atoms. The third kappa shape index (κ3) is 3.45. The Morgan fingerprint density at radius 1 is 1.07 bits per heavy atom.